The van der Waals surface area contributed by atoms with Crippen molar-refractivity contribution in [2.75, 3.05) is 26.7 Å². The van der Waals surface area contributed by atoms with Crippen LogP contribution in [0.2, 0.25) is 0 Å². The van der Waals surface area contributed by atoms with Crippen molar-refractivity contribution in [2.24, 2.45) is 4.99 Å². The maximum absolute atomic E-state index is 12.7. The second kappa shape index (κ2) is 11.2. The molecule has 0 bridgehead atoms. The summed E-state index contributed by atoms with van der Waals surface area (Å²) in [5, 5.41) is 16.0. The van der Waals surface area contributed by atoms with Crippen LogP contribution in [0.1, 0.15) is 25.3 Å². The first-order valence-corrected chi connectivity index (χ1v) is 10.5. The van der Waals surface area contributed by atoms with Gasteiger partial charge in [-0.25, -0.2) is 13.4 Å². The predicted octanol–water partition coefficient (Wildman–Crippen LogP) is 2.39. The number of guanidine groups is 1. The third kappa shape index (κ3) is 6.77. The van der Waals surface area contributed by atoms with Gasteiger partial charge in [-0.1, -0.05) is 6.07 Å². The number of alkyl halides is 3. The number of rotatable bonds is 6. The van der Waals surface area contributed by atoms with Gasteiger partial charge in [-0.15, -0.1) is 24.0 Å². The Balaban J connectivity index is 0.00000450. The Kier molecular flexibility index (Phi) is 9.94. The van der Waals surface area contributed by atoms with E-state index < -0.39 is 15.5 Å². The highest BCUT2D eigenvalue weighted by atomic mass is 127. The SMILES string of the molecule is CCNC(=NCc1ccc(OC)c(O)c1)NC1CCN(S(=O)(=O)C(F)(F)F)CC1.I. The van der Waals surface area contributed by atoms with Gasteiger partial charge in [-0.3, -0.25) is 0 Å². The molecule has 1 fully saturated rings. The summed E-state index contributed by atoms with van der Waals surface area (Å²) in [6.45, 7) is 2.26. The molecule has 0 aromatic heterocycles. The molecule has 172 valence electrons. The Morgan fingerprint density at radius 2 is 1.97 bits per heavy atom. The molecule has 2 rings (SSSR count). The lowest BCUT2D eigenvalue weighted by atomic mass is 10.1. The Morgan fingerprint density at radius 3 is 2.47 bits per heavy atom. The van der Waals surface area contributed by atoms with E-state index in [0.29, 0.717) is 22.6 Å². The van der Waals surface area contributed by atoms with Gasteiger partial charge in [0.2, 0.25) is 0 Å². The number of aliphatic imine (C=N–C) groups is 1. The topological polar surface area (TPSA) is 103 Å². The number of hydrogen-bond acceptors (Lipinski definition) is 5. The van der Waals surface area contributed by atoms with Crippen molar-refractivity contribution in [2.45, 2.75) is 37.9 Å². The molecule has 1 aliphatic heterocycles. The van der Waals surface area contributed by atoms with Crippen molar-refractivity contribution < 1.29 is 31.4 Å². The van der Waals surface area contributed by atoms with Gasteiger partial charge in [0.25, 0.3) is 0 Å². The molecule has 0 spiro atoms. The van der Waals surface area contributed by atoms with Gasteiger partial charge in [-0.2, -0.15) is 17.5 Å². The van der Waals surface area contributed by atoms with Gasteiger partial charge in [0.15, 0.2) is 17.5 Å². The molecule has 1 aromatic rings. The van der Waals surface area contributed by atoms with E-state index in [1.165, 1.54) is 13.2 Å². The summed E-state index contributed by atoms with van der Waals surface area (Å²) >= 11 is 0. The van der Waals surface area contributed by atoms with Crippen molar-refractivity contribution in [1.82, 2.24) is 14.9 Å². The summed E-state index contributed by atoms with van der Waals surface area (Å²) in [4.78, 5) is 4.41. The van der Waals surface area contributed by atoms with Gasteiger partial charge in [0, 0.05) is 25.7 Å². The number of halogens is 4. The molecule has 1 aliphatic rings. The van der Waals surface area contributed by atoms with E-state index in [0.717, 1.165) is 5.56 Å². The molecule has 0 saturated carbocycles. The van der Waals surface area contributed by atoms with E-state index in [1.54, 1.807) is 12.1 Å². The van der Waals surface area contributed by atoms with Gasteiger partial charge in [0.05, 0.1) is 13.7 Å². The van der Waals surface area contributed by atoms with Crippen molar-refractivity contribution >= 4 is 40.0 Å². The summed E-state index contributed by atoms with van der Waals surface area (Å²) in [5.74, 6) is 0.805. The zero-order valence-corrected chi connectivity index (χ0v) is 19.7. The lowest BCUT2D eigenvalue weighted by molar-refractivity contribution is -0.0494. The van der Waals surface area contributed by atoms with E-state index in [4.69, 9.17) is 4.74 Å². The van der Waals surface area contributed by atoms with Crippen LogP contribution in [-0.2, 0) is 16.6 Å². The highest BCUT2D eigenvalue weighted by molar-refractivity contribution is 14.0. The summed E-state index contributed by atoms with van der Waals surface area (Å²) in [6, 6.07) is 4.70. The van der Waals surface area contributed by atoms with E-state index in [9.17, 15) is 26.7 Å². The fourth-order valence-corrected chi connectivity index (χ4v) is 3.89. The molecule has 3 N–H and O–H groups in total. The highest BCUT2D eigenvalue weighted by Gasteiger charge is 2.50. The number of ether oxygens (including phenoxy) is 1. The summed E-state index contributed by atoms with van der Waals surface area (Å²) in [6.07, 6.45) is 0.450. The average Bonchev–Trinajstić information content (AvgIpc) is 2.66. The maximum Gasteiger partial charge on any atom is 0.511 e. The van der Waals surface area contributed by atoms with Crippen LogP contribution in [0.3, 0.4) is 0 Å². The van der Waals surface area contributed by atoms with Crippen LogP contribution in [0, 0.1) is 0 Å². The molecule has 1 heterocycles. The smallest absolute Gasteiger partial charge is 0.504 e. The molecule has 0 aliphatic carbocycles. The molecule has 0 amide bonds. The molecule has 0 radical (unpaired) electrons. The largest absolute Gasteiger partial charge is 0.511 e. The van der Waals surface area contributed by atoms with E-state index in [1.807, 2.05) is 6.92 Å². The van der Waals surface area contributed by atoms with Crippen LogP contribution < -0.4 is 15.4 Å². The number of nitrogens with zero attached hydrogens (tertiary/aromatic N) is 2. The molecule has 1 aromatic carbocycles. The van der Waals surface area contributed by atoms with Crippen LogP contribution in [-0.4, -0.2) is 62.1 Å². The van der Waals surface area contributed by atoms with Gasteiger partial charge >= 0.3 is 15.5 Å². The molecule has 30 heavy (non-hydrogen) atoms. The predicted molar refractivity (Wildman–Crippen MR) is 118 cm³/mol. The number of benzene rings is 1. The zero-order chi connectivity index (χ0) is 21.7. The Hall–Kier alpha value is -1.48. The number of piperidine rings is 1. The third-order valence-electron chi connectivity index (χ3n) is 4.43. The van der Waals surface area contributed by atoms with Crippen molar-refractivity contribution in [3.8, 4) is 11.5 Å². The minimum Gasteiger partial charge on any atom is -0.504 e. The number of sulfonamides is 1. The van der Waals surface area contributed by atoms with Gasteiger partial charge in [-0.05, 0) is 37.5 Å². The standard InChI is InChI=1S/C17H25F3N4O4S.HI/c1-3-21-16(22-11-12-4-5-15(28-2)14(25)10-12)23-13-6-8-24(9-7-13)29(26,27)17(18,19)20;/h4-5,10,13,25H,3,6-9,11H2,1-2H3,(H2,21,22,23);1H. The van der Waals surface area contributed by atoms with Crippen molar-refractivity contribution in [3.63, 3.8) is 0 Å². The second-order valence-electron chi connectivity index (χ2n) is 6.47. The van der Waals surface area contributed by atoms with E-state index >= 15 is 0 Å². The van der Waals surface area contributed by atoms with Crippen molar-refractivity contribution in [1.29, 1.82) is 0 Å². The number of phenols is 1. The van der Waals surface area contributed by atoms with Crippen LogP contribution in [0.5, 0.6) is 11.5 Å². The molecule has 0 atom stereocenters. The summed E-state index contributed by atoms with van der Waals surface area (Å²) in [5.41, 5.74) is -4.54. The molecule has 13 heteroatoms. The number of methoxy groups -OCH3 is 1. The fourth-order valence-electron chi connectivity index (χ4n) is 2.90. The van der Waals surface area contributed by atoms with Gasteiger partial charge < -0.3 is 20.5 Å². The Labute approximate surface area is 191 Å². The monoisotopic (exact) mass is 566 g/mol. The fraction of sp³-hybridized carbons (Fsp3) is 0.588. The minimum absolute atomic E-state index is 0. The molecule has 1 saturated heterocycles. The molecular formula is C17H26F3IN4O4S. The first-order valence-electron chi connectivity index (χ1n) is 9.05. The number of hydrogen-bond donors (Lipinski definition) is 3. The Bertz CT molecular complexity index is 829. The van der Waals surface area contributed by atoms with Crippen LogP contribution in [0.4, 0.5) is 13.2 Å². The van der Waals surface area contributed by atoms with Crippen LogP contribution in [0.25, 0.3) is 0 Å². The Morgan fingerprint density at radius 1 is 1.33 bits per heavy atom. The number of aromatic hydroxyl groups is 1. The van der Waals surface area contributed by atoms with E-state index in [2.05, 4.69) is 15.6 Å². The third-order valence-corrected chi connectivity index (χ3v) is 6.06. The molecular weight excluding hydrogens is 540 g/mol. The zero-order valence-electron chi connectivity index (χ0n) is 16.6. The van der Waals surface area contributed by atoms with Crippen LogP contribution >= 0.6 is 24.0 Å². The van der Waals surface area contributed by atoms with Crippen LogP contribution in [0.15, 0.2) is 23.2 Å². The lowest BCUT2D eigenvalue weighted by Gasteiger charge is -2.32. The number of nitrogens with one attached hydrogen (secondary N) is 2. The first kappa shape index (κ1) is 26.6. The maximum atomic E-state index is 12.7. The van der Waals surface area contributed by atoms with Crippen molar-refractivity contribution in [3.05, 3.63) is 23.8 Å². The quantitative estimate of drug-likeness (QED) is 0.278. The average molecular weight is 566 g/mol. The molecule has 8 nitrogen and oxygen atoms in total. The molecule has 0 unspecified atom stereocenters. The first-order chi connectivity index (χ1) is 13.6. The summed E-state index contributed by atoms with van der Waals surface area (Å²) in [7, 11) is -3.84. The minimum atomic E-state index is -5.29. The van der Waals surface area contributed by atoms with E-state index in [-0.39, 0.29) is 68.2 Å². The normalized spacial score (nSPS) is 16.6. The highest BCUT2D eigenvalue weighted by Crippen LogP contribution is 2.29. The lowest BCUT2D eigenvalue weighted by Crippen LogP contribution is -2.51. The number of phenolic OH excluding ortho intramolecular Hbond substituents is 1. The summed E-state index contributed by atoms with van der Waals surface area (Å²) < 4.78 is 66.4. The van der Waals surface area contributed by atoms with Gasteiger partial charge in [0.1, 0.15) is 0 Å². The second-order valence-corrected chi connectivity index (χ2v) is 8.40.